The molecule has 6 nitrogen and oxygen atoms in total. The van der Waals surface area contributed by atoms with Crippen LogP contribution < -0.4 is 14.8 Å². The maximum absolute atomic E-state index is 12.3. The Labute approximate surface area is 156 Å². The fraction of sp³-hybridized carbons (Fsp3) is 0.0556. The van der Waals surface area contributed by atoms with Gasteiger partial charge in [-0.1, -0.05) is 23.7 Å². The number of nitrogens with one attached hydrogen (secondary N) is 2. The number of ether oxygens (including phenoxy) is 1. The Bertz CT molecular complexity index is 991. The van der Waals surface area contributed by atoms with Gasteiger partial charge in [0.1, 0.15) is 11.6 Å². The van der Waals surface area contributed by atoms with Crippen LogP contribution in [0.1, 0.15) is 0 Å². The summed E-state index contributed by atoms with van der Waals surface area (Å²) in [6, 6.07) is 16.7. The van der Waals surface area contributed by atoms with Gasteiger partial charge in [-0.2, -0.15) is 0 Å². The van der Waals surface area contributed by atoms with E-state index in [0.717, 1.165) is 5.69 Å². The number of hydrogen-bond donors (Lipinski definition) is 2. The molecule has 3 rings (SSSR count). The molecule has 0 fully saturated rings. The quantitative estimate of drug-likeness (QED) is 0.657. The third-order valence-corrected chi connectivity index (χ3v) is 5.13. The number of sulfonamides is 1. The number of para-hydroxylation sites is 2. The van der Waals surface area contributed by atoms with Crippen LogP contribution in [-0.2, 0) is 10.0 Å². The van der Waals surface area contributed by atoms with Crippen molar-refractivity contribution in [2.24, 2.45) is 0 Å². The lowest BCUT2D eigenvalue weighted by Gasteiger charge is -2.11. The van der Waals surface area contributed by atoms with Crippen LogP contribution in [0.5, 0.6) is 5.75 Å². The van der Waals surface area contributed by atoms with Crippen molar-refractivity contribution >= 4 is 38.8 Å². The highest BCUT2D eigenvalue weighted by molar-refractivity contribution is 7.92. The van der Waals surface area contributed by atoms with Crippen LogP contribution >= 0.6 is 11.6 Å². The fourth-order valence-corrected chi connectivity index (χ4v) is 3.38. The van der Waals surface area contributed by atoms with Crippen LogP contribution in [0.15, 0.2) is 71.8 Å². The summed E-state index contributed by atoms with van der Waals surface area (Å²) in [4.78, 5) is 4.25. The molecule has 0 radical (unpaired) electrons. The van der Waals surface area contributed by atoms with Crippen LogP contribution in [0.3, 0.4) is 0 Å². The molecule has 0 bridgehead atoms. The van der Waals surface area contributed by atoms with Gasteiger partial charge in [0.05, 0.1) is 29.6 Å². The number of hydrogen-bond acceptors (Lipinski definition) is 5. The third-order valence-electron chi connectivity index (χ3n) is 3.51. The van der Waals surface area contributed by atoms with Gasteiger partial charge in [-0.05, 0) is 48.5 Å². The second kappa shape index (κ2) is 7.63. The first kappa shape index (κ1) is 18.0. The van der Waals surface area contributed by atoms with E-state index in [0.29, 0.717) is 16.5 Å². The molecule has 0 unspecified atom stereocenters. The summed E-state index contributed by atoms with van der Waals surface area (Å²) in [6.45, 7) is 0. The van der Waals surface area contributed by atoms with E-state index in [9.17, 15) is 8.42 Å². The van der Waals surface area contributed by atoms with Crippen molar-refractivity contribution in [2.45, 2.75) is 4.90 Å². The molecule has 0 aliphatic rings. The molecule has 0 saturated carbocycles. The lowest BCUT2D eigenvalue weighted by molar-refractivity contribution is 0.417. The lowest BCUT2D eigenvalue weighted by atomic mass is 10.3. The number of halogens is 1. The van der Waals surface area contributed by atoms with Gasteiger partial charge in [-0.15, -0.1) is 0 Å². The monoisotopic (exact) mass is 389 g/mol. The van der Waals surface area contributed by atoms with Crippen molar-refractivity contribution in [2.75, 3.05) is 17.1 Å². The highest BCUT2D eigenvalue weighted by atomic mass is 35.5. The molecule has 0 saturated heterocycles. The molecule has 0 atom stereocenters. The minimum atomic E-state index is -3.72. The number of nitrogens with zero attached hydrogens (tertiary/aromatic N) is 1. The summed E-state index contributed by atoms with van der Waals surface area (Å²) in [5, 5.41) is 3.64. The second-order valence-electron chi connectivity index (χ2n) is 5.32. The summed E-state index contributed by atoms with van der Waals surface area (Å²) >= 11 is 5.78. The van der Waals surface area contributed by atoms with E-state index in [2.05, 4.69) is 15.0 Å². The Morgan fingerprint density at radius 3 is 2.38 bits per heavy atom. The van der Waals surface area contributed by atoms with E-state index in [4.69, 9.17) is 16.3 Å². The van der Waals surface area contributed by atoms with Gasteiger partial charge in [0.25, 0.3) is 10.0 Å². The summed E-state index contributed by atoms with van der Waals surface area (Å²) in [5.74, 6) is 0.908. The van der Waals surface area contributed by atoms with E-state index in [-0.39, 0.29) is 10.7 Å². The average molecular weight is 390 g/mol. The molecule has 1 heterocycles. The molecule has 0 aliphatic heterocycles. The number of aromatic nitrogens is 1. The van der Waals surface area contributed by atoms with Crippen molar-refractivity contribution in [3.05, 3.63) is 71.9 Å². The van der Waals surface area contributed by atoms with E-state index >= 15 is 0 Å². The molecule has 0 amide bonds. The Morgan fingerprint density at radius 1 is 1.00 bits per heavy atom. The predicted octanol–water partition coefficient (Wildman–Crippen LogP) is 4.29. The van der Waals surface area contributed by atoms with Crippen LogP contribution in [0.25, 0.3) is 0 Å². The van der Waals surface area contributed by atoms with Crippen molar-refractivity contribution in [1.29, 1.82) is 0 Å². The third kappa shape index (κ3) is 4.25. The highest BCUT2D eigenvalue weighted by Crippen LogP contribution is 2.27. The molecule has 3 aromatic rings. The minimum absolute atomic E-state index is 0.111. The molecule has 1 aromatic heterocycles. The summed E-state index contributed by atoms with van der Waals surface area (Å²) in [7, 11) is -2.13. The smallest absolute Gasteiger partial charge is 0.263 e. The summed E-state index contributed by atoms with van der Waals surface area (Å²) in [5.41, 5.74) is 1.48. The van der Waals surface area contributed by atoms with Crippen LogP contribution in [0.2, 0.25) is 5.02 Å². The van der Waals surface area contributed by atoms with Crippen molar-refractivity contribution in [1.82, 2.24) is 4.98 Å². The Hall–Kier alpha value is -2.77. The first-order valence-corrected chi connectivity index (χ1v) is 9.48. The van der Waals surface area contributed by atoms with Crippen LogP contribution in [-0.4, -0.2) is 20.5 Å². The lowest BCUT2D eigenvalue weighted by Crippen LogP contribution is -2.13. The van der Waals surface area contributed by atoms with Crippen molar-refractivity contribution in [3.8, 4) is 5.75 Å². The number of methoxy groups -OCH3 is 1. The van der Waals surface area contributed by atoms with E-state index in [1.807, 2.05) is 24.3 Å². The molecule has 134 valence electrons. The standard InChI is InChI=1S/C18H16ClN3O3S/c1-25-17-5-3-2-4-16(17)21-14-8-11-18(20-12-14)22-26(23,24)15-9-6-13(19)7-10-15/h2-12,21H,1H3,(H,20,22). The van der Waals surface area contributed by atoms with Crippen LogP contribution in [0.4, 0.5) is 17.2 Å². The normalized spacial score (nSPS) is 11.0. The maximum Gasteiger partial charge on any atom is 0.263 e. The zero-order valence-electron chi connectivity index (χ0n) is 13.8. The molecular formula is C18H16ClN3O3S. The molecule has 0 aliphatic carbocycles. The Balaban J connectivity index is 1.74. The van der Waals surface area contributed by atoms with Crippen molar-refractivity contribution in [3.63, 3.8) is 0 Å². The van der Waals surface area contributed by atoms with Gasteiger partial charge in [-0.3, -0.25) is 4.72 Å². The number of rotatable bonds is 6. The largest absolute Gasteiger partial charge is 0.495 e. The van der Waals surface area contributed by atoms with E-state index in [1.54, 1.807) is 19.2 Å². The molecule has 0 spiro atoms. The van der Waals surface area contributed by atoms with Gasteiger partial charge in [0.15, 0.2) is 0 Å². The highest BCUT2D eigenvalue weighted by Gasteiger charge is 2.14. The predicted molar refractivity (Wildman–Crippen MR) is 103 cm³/mol. The maximum atomic E-state index is 12.3. The van der Waals surface area contributed by atoms with Gasteiger partial charge in [0.2, 0.25) is 0 Å². The van der Waals surface area contributed by atoms with Crippen molar-refractivity contribution < 1.29 is 13.2 Å². The van der Waals surface area contributed by atoms with Gasteiger partial charge in [-0.25, -0.2) is 13.4 Å². The Kier molecular flexibility index (Phi) is 5.29. The first-order chi connectivity index (χ1) is 12.5. The van der Waals surface area contributed by atoms with Gasteiger partial charge in [0, 0.05) is 5.02 Å². The zero-order valence-corrected chi connectivity index (χ0v) is 15.4. The minimum Gasteiger partial charge on any atom is -0.495 e. The summed E-state index contributed by atoms with van der Waals surface area (Å²) in [6.07, 6.45) is 1.53. The molecule has 2 N–H and O–H groups in total. The van der Waals surface area contributed by atoms with Gasteiger partial charge < -0.3 is 10.1 Å². The topological polar surface area (TPSA) is 80.3 Å². The molecule has 26 heavy (non-hydrogen) atoms. The Morgan fingerprint density at radius 2 is 1.73 bits per heavy atom. The van der Waals surface area contributed by atoms with Gasteiger partial charge >= 0.3 is 0 Å². The number of pyridine rings is 1. The van der Waals surface area contributed by atoms with E-state index in [1.165, 1.54) is 30.5 Å². The van der Waals surface area contributed by atoms with Crippen LogP contribution in [0, 0.1) is 0 Å². The number of benzene rings is 2. The molecule has 8 heteroatoms. The SMILES string of the molecule is COc1ccccc1Nc1ccc(NS(=O)(=O)c2ccc(Cl)cc2)nc1. The summed E-state index contributed by atoms with van der Waals surface area (Å²) < 4.78 is 32.4. The first-order valence-electron chi connectivity index (χ1n) is 7.62. The average Bonchev–Trinajstić information content (AvgIpc) is 2.64. The fourth-order valence-electron chi connectivity index (χ4n) is 2.24. The zero-order chi connectivity index (χ0) is 18.6. The second-order valence-corrected chi connectivity index (χ2v) is 7.44. The number of anilines is 3. The van der Waals surface area contributed by atoms with E-state index < -0.39 is 10.0 Å². The molecule has 2 aromatic carbocycles. The molecular weight excluding hydrogens is 374 g/mol.